The molecular weight excluding hydrogens is 343 g/mol. The third-order valence-electron chi connectivity index (χ3n) is 3.21. The molecule has 0 bridgehead atoms. The quantitative estimate of drug-likeness (QED) is 0.707. The van der Waals surface area contributed by atoms with E-state index in [-0.39, 0.29) is 5.56 Å². The van der Waals surface area contributed by atoms with Crippen molar-refractivity contribution in [1.29, 1.82) is 0 Å². The molecule has 0 fully saturated rings. The van der Waals surface area contributed by atoms with E-state index in [2.05, 4.69) is 10.3 Å². The zero-order valence-corrected chi connectivity index (χ0v) is 13.8. The summed E-state index contributed by atoms with van der Waals surface area (Å²) in [4.78, 5) is 27.9. The Labute approximate surface area is 147 Å². The number of amides is 1. The van der Waals surface area contributed by atoms with Crippen LogP contribution in [0.25, 0.3) is 11.3 Å². The highest BCUT2D eigenvalue weighted by atomic mass is 32.1. The van der Waals surface area contributed by atoms with Gasteiger partial charge in [0.15, 0.2) is 11.7 Å². The molecule has 0 atom stereocenters. The van der Waals surface area contributed by atoms with E-state index in [4.69, 9.17) is 4.74 Å². The van der Waals surface area contributed by atoms with Crippen molar-refractivity contribution in [3.05, 3.63) is 71.4 Å². The highest BCUT2D eigenvalue weighted by Gasteiger charge is 2.12. The number of hydrogen-bond acceptors (Lipinski definition) is 5. The largest absolute Gasteiger partial charge is 0.452 e. The van der Waals surface area contributed by atoms with Crippen LogP contribution in [-0.4, -0.2) is 23.5 Å². The molecule has 7 heteroatoms. The van der Waals surface area contributed by atoms with E-state index >= 15 is 0 Å². The first-order valence-corrected chi connectivity index (χ1v) is 8.23. The van der Waals surface area contributed by atoms with Crippen molar-refractivity contribution in [2.45, 2.75) is 0 Å². The molecule has 0 radical (unpaired) electrons. The van der Waals surface area contributed by atoms with Gasteiger partial charge >= 0.3 is 5.97 Å². The smallest absolute Gasteiger partial charge is 0.338 e. The van der Waals surface area contributed by atoms with E-state index in [0.29, 0.717) is 5.13 Å². The number of carbonyl (C=O) groups excluding carboxylic acids is 2. The molecule has 5 nitrogen and oxygen atoms in total. The normalized spacial score (nSPS) is 10.3. The van der Waals surface area contributed by atoms with Crippen molar-refractivity contribution in [1.82, 2.24) is 4.98 Å². The fourth-order valence-corrected chi connectivity index (χ4v) is 2.79. The Morgan fingerprint density at radius 3 is 2.68 bits per heavy atom. The summed E-state index contributed by atoms with van der Waals surface area (Å²) in [5, 5.41) is 4.80. The molecule has 1 aromatic heterocycles. The van der Waals surface area contributed by atoms with Crippen LogP contribution in [-0.2, 0) is 9.53 Å². The summed E-state index contributed by atoms with van der Waals surface area (Å²) in [6.45, 7) is -0.477. The van der Waals surface area contributed by atoms with Gasteiger partial charge in [-0.15, -0.1) is 11.3 Å². The van der Waals surface area contributed by atoms with E-state index in [1.165, 1.54) is 29.5 Å². The van der Waals surface area contributed by atoms with Crippen LogP contribution in [0.15, 0.2) is 60.0 Å². The number of halogens is 1. The third kappa shape index (κ3) is 4.48. The van der Waals surface area contributed by atoms with Gasteiger partial charge in [-0.05, 0) is 18.2 Å². The minimum atomic E-state index is -0.765. The zero-order valence-electron chi connectivity index (χ0n) is 12.9. The highest BCUT2D eigenvalue weighted by molar-refractivity contribution is 7.14. The van der Waals surface area contributed by atoms with Gasteiger partial charge in [0, 0.05) is 10.9 Å². The fraction of sp³-hybridized carbons (Fsp3) is 0.0556. The van der Waals surface area contributed by atoms with Crippen LogP contribution in [0.5, 0.6) is 0 Å². The van der Waals surface area contributed by atoms with Gasteiger partial charge in [-0.1, -0.05) is 36.4 Å². The zero-order chi connectivity index (χ0) is 17.6. The first kappa shape index (κ1) is 16.8. The number of benzene rings is 2. The van der Waals surface area contributed by atoms with E-state index in [1.54, 1.807) is 0 Å². The number of nitrogens with one attached hydrogen (secondary N) is 1. The van der Waals surface area contributed by atoms with Crippen molar-refractivity contribution < 1.29 is 18.7 Å². The van der Waals surface area contributed by atoms with Crippen molar-refractivity contribution >= 4 is 28.3 Å². The maximum absolute atomic E-state index is 13.1. The second-order valence-electron chi connectivity index (χ2n) is 5.04. The van der Waals surface area contributed by atoms with Crippen molar-refractivity contribution in [2.24, 2.45) is 0 Å². The Hall–Kier alpha value is -3.06. The topological polar surface area (TPSA) is 68.3 Å². The molecular formula is C18H13FN2O3S. The van der Waals surface area contributed by atoms with Crippen molar-refractivity contribution in [3.8, 4) is 11.3 Å². The molecule has 3 rings (SSSR count). The number of thiazole rings is 1. The molecule has 0 unspecified atom stereocenters. The average Bonchev–Trinajstić information content (AvgIpc) is 3.09. The molecule has 0 aliphatic carbocycles. The minimum absolute atomic E-state index is 0.0495. The molecule has 1 N–H and O–H groups in total. The van der Waals surface area contributed by atoms with Crippen molar-refractivity contribution in [2.75, 3.05) is 11.9 Å². The molecule has 1 heterocycles. The van der Waals surface area contributed by atoms with Gasteiger partial charge in [0.1, 0.15) is 5.82 Å². The summed E-state index contributed by atoms with van der Waals surface area (Å²) < 4.78 is 17.9. The van der Waals surface area contributed by atoms with Crippen LogP contribution in [0.4, 0.5) is 9.52 Å². The summed E-state index contributed by atoms with van der Waals surface area (Å²) in [5.74, 6) is -1.83. The lowest BCUT2D eigenvalue weighted by Crippen LogP contribution is -2.20. The lowest BCUT2D eigenvalue weighted by atomic mass is 10.2. The van der Waals surface area contributed by atoms with Crippen molar-refractivity contribution in [3.63, 3.8) is 0 Å². The van der Waals surface area contributed by atoms with E-state index in [0.717, 1.165) is 17.3 Å². The van der Waals surface area contributed by atoms with Gasteiger partial charge in [-0.25, -0.2) is 14.2 Å². The van der Waals surface area contributed by atoms with Gasteiger partial charge in [-0.3, -0.25) is 10.1 Å². The minimum Gasteiger partial charge on any atom is -0.452 e. The number of hydrogen-bond donors (Lipinski definition) is 1. The maximum Gasteiger partial charge on any atom is 0.338 e. The molecule has 2 aromatic carbocycles. The standard InChI is InChI=1S/C18H13FN2O3S/c19-14-8-4-7-13(9-14)17(23)24-10-16(22)21-18-20-15(11-25-18)12-5-2-1-3-6-12/h1-9,11H,10H2,(H,20,21,22). The number of anilines is 1. The number of aromatic nitrogens is 1. The number of esters is 1. The van der Waals surface area contributed by atoms with E-state index < -0.39 is 24.3 Å². The third-order valence-corrected chi connectivity index (χ3v) is 3.97. The van der Waals surface area contributed by atoms with Gasteiger partial charge < -0.3 is 4.74 Å². The SMILES string of the molecule is O=C(COC(=O)c1cccc(F)c1)Nc1nc(-c2ccccc2)cs1. The molecule has 0 saturated heterocycles. The van der Waals surface area contributed by atoms with Crippen LogP contribution in [0.3, 0.4) is 0 Å². The number of ether oxygens (including phenoxy) is 1. The first-order chi connectivity index (χ1) is 12.1. The molecule has 0 spiro atoms. The first-order valence-electron chi connectivity index (χ1n) is 7.35. The predicted molar refractivity (Wildman–Crippen MR) is 92.9 cm³/mol. The average molecular weight is 356 g/mol. The second kappa shape index (κ2) is 7.67. The maximum atomic E-state index is 13.1. The van der Waals surface area contributed by atoms with Gasteiger partial charge in [0.25, 0.3) is 5.91 Å². The number of rotatable bonds is 5. The fourth-order valence-electron chi connectivity index (χ4n) is 2.06. The molecule has 0 aliphatic rings. The number of carbonyl (C=O) groups is 2. The number of nitrogens with zero attached hydrogens (tertiary/aromatic N) is 1. The Morgan fingerprint density at radius 1 is 1.12 bits per heavy atom. The molecule has 1 amide bonds. The molecule has 25 heavy (non-hydrogen) atoms. The van der Waals surface area contributed by atoms with Gasteiger partial charge in [0.05, 0.1) is 11.3 Å². The Bertz CT molecular complexity index is 896. The summed E-state index contributed by atoms with van der Waals surface area (Å²) in [6, 6.07) is 14.6. The Balaban J connectivity index is 1.55. The lowest BCUT2D eigenvalue weighted by molar-refractivity contribution is -0.119. The summed E-state index contributed by atoms with van der Waals surface area (Å²) in [7, 11) is 0. The van der Waals surface area contributed by atoms with Crippen LogP contribution < -0.4 is 5.32 Å². The molecule has 0 aliphatic heterocycles. The van der Waals surface area contributed by atoms with Crippen LogP contribution >= 0.6 is 11.3 Å². The summed E-state index contributed by atoms with van der Waals surface area (Å²) in [6.07, 6.45) is 0. The van der Waals surface area contributed by atoms with Crippen LogP contribution in [0, 0.1) is 5.82 Å². The molecule has 126 valence electrons. The van der Waals surface area contributed by atoms with Gasteiger partial charge in [-0.2, -0.15) is 0 Å². The van der Waals surface area contributed by atoms with Crippen LogP contribution in [0.1, 0.15) is 10.4 Å². The lowest BCUT2D eigenvalue weighted by Gasteiger charge is -2.04. The Morgan fingerprint density at radius 2 is 1.92 bits per heavy atom. The van der Waals surface area contributed by atoms with E-state index in [1.807, 2.05) is 35.7 Å². The summed E-state index contributed by atoms with van der Waals surface area (Å²) in [5.41, 5.74) is 1.74. The monoisotopic (exact) mass is 356 g/mol. The predicted octanol–water partition coefficient (Wildman–Crippen LogP) is 3.74. The van der Waals surface area contributed by atoms with E-state index in [9.17, 15) is 14.0 Å². The summed E-state index contributed by atoms with van der Waals surface area (Å²) >= 11 is 1.27. The highest BCUT2D eigenvalue weighted by Crippen LogP contribution is 2.24. The molecule has 0 saturated carbocycles. The molecule has 3 aromatic rings. The second-order valence-corrected chi connectivity index (χ2v) is 5.90. The van der Waals surface area contributed by atoms with Crippen LogP contribution in [0.2, 0.25) is 0 Å². The van der Waals surface area contributed by atoms with Gasteiger partial charge in [0.2, 0.25) is 0 Å². The Kier molecular flexibility index (Phi) is 5.15.